The second-order valence-electron chi connectivity index (χ2n) is 9.98. The maximum atomic E-state index is 12.7. The Morgan fingerprint density at radius 1 is 0.780 bits per heavy atom. The molecule has 14 nitrogen and oxygen atoms in total. The lowest BCUT2D eigenvalue weighted by Crippen LogP contribution is -2.61. The third kappa shape index (κ3) is 5.74. The zero-order valence-electron chi connectivity index (χ0n) is 21.5. The first-order chi connectivity index (χ1) is 19.4. The van der Waals surface area contributed by atoms with Crippen LogP contribution in [0.5, 0.6) is 17.2 Å². The summed E-state index contributed by atoms with van der Waals surface area (Å²) in [6.45, 7) is 0.969. The van der Waals surface area contributed by atoms with Crippen molar-refractivity contribution < 1.29 is 64.2 Å². The molecule has 14 heteroatoms. The van der Waals surface area contributed by atoms with E-state index in [0.29, 0.717) is 5.56 Å². The molecule has 41 heavy (non-hydrogen) atoms. The van der Waals surface area contributed by atoms with Crippen LogP contribution in [0.2, 0.25) is 0 Å². The Hall–Kier alpha value is -3.31. The summed E-state index contributed by atoms with van der Waals surface area (Å²) in [5, 5.41) is 81.2. The molecular weight excluding hydrogens is 548 g/mol. The molecule has 0 aliphatic carbocycles. The minimum Gasteiger partial charge on any atom is -0.508 e. The van der Waals surface area contributed by atoms with Gasteiger partial charge in [-0.05, 0) is 31.2 Å². The molecule has 2 saturated heterocycles. The molecule has 3 aromatic rings. The number of aliphatic hydroxyl groups is 6. The molecule has 2 aromatic carbocycles. The zero-order valence-corrected chi connectivity index (χ0v) is 21.5. The fourth-order valence-electron chi connectivity index (χ4n) is 4.71. The highest BCUT2D eigenvalue weighted by atomic mass is 16.7. The first-order valence-electron chi connectivity index (χ1n) is 12.7. The molecule has 0 bridgehead atoms. The number of hydrogen-bond donors (Lipinski definition) is 8. The number of rotatable bonds is 6. The van der Waals surface area contributed by atoms with Crippen molar-refractivity contribution in [1.82, 2.24) is 0 Å². The van der Waals surface area contributed by atoms with Crippen LogP contribution in [-0.2, 0) is 14.2 Å². The lowest BCUT2D eigenvalue weighted by Gasteiger charge is -2.42. The van der Waals surface area contributed by atoms with Crippen molar-refractivity contribution in [3.05, 3.63) is 52.7 Å². The summed E-state index contributed by atoms with van der Waals surface area (Å²) >= 11 is 0. The van der Waals surface area contributed by atoms with Crippen LogP contribution >= 0.6 is 0 Å². The molecule has 0 radical (unpaired) electrons. The Kier molecular flexibility index (Phi) is 8.20. The van der Waals surface area contributed by atoms with Crippen molar-refractivity contribution in [3.8, 4) is 28.6 Å². The lowest BCUT2D eigenvalue weighted by atomic mass is 9.98. The van der Waals surface area contributed by atoms with Gasteiger partial charge < -0.3 is 64.2 Å². The summed E-state index contributed by atoms with van der Waals surface area (Å²) in [7, 11) is 0. The Labute approximate surface area is 231 Å². The van der Waals surface area contributed by atoms with E-state index in [1.165, 1.54) is 43.3 Å². The van der Waals surface area contributed by atoms with E-state index in [4.69, 9.17) is 23.4 Å². The molecule has 0 amide bonds. The zero-order chi connectivity index (χ0) is 29.6. The Bertz CT molecular complexity index is 1420. The molecule has 0 spiro atoms. The highest BCUT2D eigenvalue weighted by Gasteiger charge is 2.47. The summed E-state index contributed by atoms with van der Waals surface area (Å²) in [4.78, 5) is 12.7. The second kappa shape index (κ2) is 11.5. The number of fused-ring (bicyclic) bond motifs is 1. The summed E-state index contributed by atoms with van der Waals surface area (Å²) < 4.78 is 27.9. The van der Waals surface area contributed by atoms with Gasteiger partial charge in [-0.2, -0.15) is 0 Å². The van der Waals surface area contributed by atoms with Gasteiger partial charge in [0.15, 0.2) is 11.7 Å². The first kappa shape index (κ1) is 29.2. The van der Waals surface area contributed by atoms with Gasteiger partial charge >= 0.3 is 0 Å². The SMILES string of the molecule is CC1OC(OC[C@H]2O[C@@H](Oc3cc(O)c4c(=O)cc(-c5ccc(O)cc5)oc4c3)[C@H](O)[C@@H](O)[C@@H]2O)[C@H](O)[C@H](O)[C@H]1O. The van der Waals surface area contributed by atoms with Crippen LogP contribution in [0.3, 0.4) is 0 Å². The smallest absolute Gasteiger partial charge is 0.229 e. The molecule has 1 aromatic heterocycles. The Morgan fingerprint density at radius 3 is 2.15 bits per heavy atom. The van der Waals surface area contributed by atoms with Gasteiger partial charge in [0.1, 0.15) is 76.7 Å². The molecule has 2 aliphatic rings. The minimum atomic E-state index is -1.76. The van der Waals surface area contributed by atoms with E-state index in [9.17, 15) is 45.6 Å². The summed E-state index contributed by atoms with van der Waals surface area (Å²) in [5.41, 5.74) is -0.149. The number of benzene rings is 2. The number of phenolic OH excluding ortho intramolecular Hbond substituents is 2. The summed E-state index contributed by atoms with van der Waals surface area (Å²) in [6, 6.07) is 9.40. The Morgan fingerprint density at radius 2 is 1.44 bits per heavy atom. The molecule has 2 fully saturated rings. The van der Waals surface area contributed by atoms with Crippen molar-refractivity contribution in [2.45, 2.75) is 68.3 Å². The predicted octanol–water partition coefficient (Wildman–Crippen LogP) is -1.10. The van der Waals surface area contributed by atoms with Crippen LogP contribution in [0, 0.1) is 0 Å². The van der Waals surface area contributed by atoms with E-state index in [-0.39, 0.29) is 28.2 Å². The van der Waals surface area contributed by atoms with E-state index in [2.05, 4.69) is 0 Å². The normalized spacial score (nSPS) is 34.0. The Balaban J connectivity index is 1.35. The van der Waals surface area contributed by atoms with Gasteiger partial charge in [0.2, 0.25) is 6.29 Å². The van der Waals surface area contributed by atoms with Crippen LogP contribution < -0.4 is 10.2 Å². The molecule has 2 unspecified atom stereocenters. The molecule has 3 heterocycles. The highest BCUT2D eigenvalue weighted by molar-refractivity contribution is 5.86. The number of aromatic hydroxyl groups is 2. The number of ether oxygens (including phenoxy) is 4. The predicted molar refractivity (Wildman–Crippen MR) is 137 cm³/mol. The number of hydrogen-bond acceptors (Lipinski definition) is 14. The van der Waals surface area contributed by atoms with Crippen LogP contribution in [-0.4, -0.2) is 109 Å². The number of aliphatic hydroxyl groups excluding tert-OH is 6. The van der Waals surface area contributed by atoms with Crippen LogP contribution in [0.1, 0.15) is 6.92 Å². The van der Waals surface area contributed by atoms with Crippen molar-refractivity contribution in [2.75, 3.05) is 6.61 Å². The van der Waals surface area contributed by atoms with Crippen molar-refractivity contribution in [3.63, 3.8) is 0 Å². The van der Waals surface area contributed by atoms with Gasteiger partial charge in [0, 0.05) is 23.8 Å². The van der Waals surface area contributed by atoms with E-state index in [0.717, 1.165) is 6.07 Å². The summed E-state index contributed by atoms with van der Waals surface area (Å²) in [5.74, 6) is -0.457. The second-order valence-corrected chi connectivity index (χ2v) is 9.98. The van der Waals surface area contributed by atoms with Crippen LogP contribution in [0.15, 0.2) is 51.7 Å². The van der Waals surface area contributed by atoms with Gasteiger partial charge in [0.05, 0.1) is 12.7 Å². The van der Waals surface area contributed by atoms with Crippen LogP contribution in [0.4, 0.5) is 0 Å². The summed E-state index contributed by atoms with van der Waals surface area (Å²) in [6.07, 6.45) is -14.9. The first-order valence-corrected chi connectivity index (χ1v) is 12.7. The molecule has 5 rings (SSSR count). The van der Waals surface area contributed by atoms with Crippen LogP contribution in [0.25, 0.3) is 22.3 Å². The minimum absolute atomic E-state index is 0.0145. The largest absolute Gasteiger partial charge is 0.508 e. The third-order valence-corrected chi connectivity index (χ3v) is 7.09. The van der Waals surface area contributed by atoms with E-state index >= 15 is 0 Å². The van der Waals surface area contributed by atoms with Crippen molar-refractivity contribution >= 4 is 11.0 Å². The maximum Gasteiger partial charge on any atom is 0.229 e. The van der Waals surface area contributed by atoms with Gasteiger partial charge in [-0.3, -0.25) is 4.79 Å². The topological polar surface area (TPSA) is 229 Å². The molecule has 0 saturated carbocycles. The molecule has 2 aliphatic heterocycles. The van der Waals surface area contributed by atoms with Gasteiger partial charge in [-0.15, -0.1) is 0 Å². The van der Waals surface area contributed by atoms with E-state index in [1.54, 1.807) is 0 Å². The maximum absolute atomic E-state index is 12.7. The lowest BCUT2D eigenvalue weighted by molar-refractivity contribution is -0.318. The molecular formula is C27H30O14. The van der Waals surface area contributed by atoms with E-state index in [1.807, 2.05) is 0 Å². The highest BCUT2D eigenvalue weighted by Crippen LogP contribution is 2.34. The van der Waals surface area contributed by atoms with E-state index < -0.39 is 79.2 Å². The fourth-order valence-corrected chi connectivity index (χ4v) is 4.71. The third-order valence-electron chi connectivity index (χ3n) is 7.09. The van der Waals surface area contributed by atoms with Gasteiger partial charge in [-0.25, -0.2) is 0 Å². The van der Waals surface area contributed by atoms with Crippen molar-refractivity contribution in [2.24, 2.45) is 0 Å². The van der Waals surface area contributed by atoms with Gasteiger partial charge in [-0.1, -0.05) is 0 Å². The van der Waals surface area contributed by atoms with Gasteiger partial charge in [0.25, 0.3) is 0 Å². The molecule has 222 valence electrons. The average molecular weight is 579 g/mol. The molecule has 8 N–H and O–H groups in total. The monoisotopic (exact) mass is 578 g/mol. The quantitative estimate of drug-likeness (QED) is 0.174. The van der Waals surface area contributed by atoms with Crippen molar-refractivity contribution in [1.29, 1.82) is 0 Å². The standard InChI is InChI=1S/C27H30O14/c1-10-20(31)22(33)24(35)26(38-10)37-9-18-21(32)23(34)25(36)27(41-18)39-13-6-14(29)19-15(30)8-16(40-17(19)7-13)11-2-4-12(28)5-3-11/h2-8,10,18,20-29,31-36H,9H2,1H3/t10?,18-,20+,21-,22-,23+,24-,25-,26?,27-/m1/s1. The molecule has 10 atom stereocenters. The number of phenols is 2. The fraction of sp³-hybridized carbons (Fsp3) is 0.444. The average Bonchev–Trinajstić information content (AvgIpc) is 2.94.